The van der Waals surface area contributed by atoms with E-state index < -0.39 is 21.2 Å². The van der Waals surface area contributed by atoms with Gasteiger partial charge in [0.1, 0.15) is 11.4 Å². The molecule has 1 saturated carbocycles. The smallest absolute Gasteiger partial charge is 0.308 e. The summed E-state index contributed by atoms with van der Waals surface area (Å²) in [6.45, 7) is 7.14. The number of carbonyl (C=O) groups excluding carboxylic acids is 1. The quantitative estimate of drug-likeness (QED) is 0.771. The molecule has 2 rings (SSSR count). The van der Waals surface area contributed by atoms with Crippen LogP contribution in [0.1, 0.15) is 70.8 Å². The number of hydrogen-bond donors (Lipinski definition) is 1. The van der Waals surface area contributed by atoms with E-state index in [1.165, 1.54) is 0 Å². The van der Waals surface area contributed by atoms with Gasteiger partial charge in [-0.1, -0.05) is 24.4 Å². The fourth-order valence-corrected chi connectivity index (χ4v) is 4.75. The van der Waals surface area contributed by atoms with Gasteiger partial charge in [-0.05, 0) is 40.5 Å². The highest BCUT2D eigenvalue weighted by Crippen LogP contribution is 2.33. The van der Waals surface area contributed by atoms with Crippen LogP contribution < -0.4 is 4.72 Å². The van der Waals surface area contributed by atoms with Crippen molar-refractivity contribution in [3.63, 3.8) is 0 Å². The van der Waals surface area contributed by atoms with Crippen LogP contribution in [0.3, 0.4) is 0 Å². The molecule has 1 aromatic rings. The first-order chi connectivity index (χ1) is 11.5. The summed E-state index contributed by atoms with van der Waals surface area (Å²) in [5, 5.41) is 3.71. The molecule has 0 amide bonds. The molecular weight excluding hydrogens is 344 g/mol. The molecule has 142 valence electrons. The first-order valence-electron chi connectivity index (χ1n) is 8.64. The van der Waals surface area contributed by atoms with Crippen LogP contribution >= 0.6 is 0 Å². The van der Waals surface area contributed by atoms with Gasteiger partial charge in [-0.25, -0.2) is 13.1 Å². The first kappa shape index (κ1) is 19.9. The lowest BCUT2D eigenvalue weighted by Crippen LogP contribution is -2.51. The molecule has 1 fully saturated rings. The van der Waals surface area contributed by atoms with E-state index in [2.05, 4.69) is 9.88 Å². The third-order valence-electron chi connectivity index (χ3n) is 4.09. The monoisotopic (exact) mass is 372 g/mol. The van der Waals surface area contributed by atoms with Gasteiger partial charge in [0.15, 0.2) is 5.76 Å². The molecule has 0 aliphatic heterocycles. The molecule has 1 aromatic heterocycles. The molecule has 0 atom stereocenters. The average molecular weight is 372 g/mol. The fraction of sp³-hybridized carbons (Fsp3) is 0.765. The van der Waals surface area contributed by atoms with Crippen LogP contribution in [0.5, 0.6) is 0 Å². The highest BCUT2D eigenvalue weighted by molar-refractivity contribution is 7.88. The lowest BCUT2D eigenvalue weighted by atomic mass is 9.80. The molecule has 8 heteroatoms. The molecular formula is C17H28N2O5S. The number of aryl methyl sites for hydroxylation is 1. The molecule has 1 N–H and O–H groups in total. The van der Waals surface area contributed by atoms with Crippen molar-refractivity contribution in [3.05, 3.63) is 17.5 Å². The third kappa shape index (κ3) is 6.43. The normalized spacial score (nSPS) is 18.1. The SMILES string of the molecule is Cc1cc(CS(=O)(=O)NC2(CC(=O)OC(C)(C)C)CCCCC2)on1. The van der Waals surface area contributed by atoms with E-state index in [1.54, 1.807) is 33.8 Å². The Bertz CT molecular complexity index is 697. The number of nitrogens with zero attached hydrogens (tertiary/aromatic N) is 1. The van der Waals surface area contributed by atoms with Crippen molar-refractivity contribution in [2.24, 2.45) is 0 Å². The Labute approximate surface area is 149 Å². The van der Waals surface area contributed by atoms with E-state index in [-0.39, 0.29) is 23.9 Å². The summed E-state index contributed by atoms with van der Waals surface area (Å²) in [5.74, 6) is -0.384. The summed E-state index contributed by atoms with van der Waals surface area (Å²) >= 11 is 0. The summed E-state index contributed by atoms with van der Waals surface area (Å²) < 4.78 is 38.4. The molecule has 1 aliphatic carbocycles. The molecule has 0 radical (unpaired) electrons. The van der Waals surface area contributed by atoms with Gasteiger partial charge in [-0.2, -0.15) is 0 Å². The zero-order valence-corrected chi connectivity index (χ0v) is 16.2. The van der Waals surface area contributed by atoms with Gasteiger partial charge >= 0.3 is 5.97 Å². The minimum atomic E-state index is -3.66. The van der Waals surface area contributed by atoms with Crippen LogP contribution in [0.2, 0.25) is 0 Å². The van der Waals surface area contributed by atoms with Gasteiger partial charge in [0.2, 0.25) is 10.0 Å². The summed E-state index contributed by atoms with van der Waals surface area (Å²) in [6, 6.07) is 1.60. The Morgan fingerprint density at radius 3 is 2.48 bits per heavy atom. The Kier molecular flexibility index (Phi) is 5.93. The summed E-state index contributed by atoms with van der Waals surface area (Å²) in [5.41, 5.74) is -0.746. The molecule has 7 nitrogen and oxygen atoms in total. The number of esters is 1. The van der Waals surface area contributed by atoms with Crippen LogP contribution in [-0.4, -0.2) is 30.7 Å². The number of nitrogens with one attached hydrogen (secondary N) is 1. The van der Waals surface area contributed by atoms with Crippen molar-refractivity contribution in [1.29, 1.82) is 0 Å². The zero-order valence-electron chi connectivity index (χ0n) is 15.4. The van der Waals surface area contributed by atoms with Crippen LogP contribution in [0.4, 0.5) is 0 Å². The number of sulfonamides is 1. The van der Waals surface area contributed by atoms with Crippen molar-refractivity contribution in [3.8, 4) is 0 Å². The van der Waals surface area contributed by atoms with Crippen LogP contribution in [0, 0.1) is 6.92 Å². The van der Waals surface area contributed by atoms with E-state index in [0.29, 0.717) is 18.5 Å². The van der Waals surface area contributed by atoms with E-state index in [0.717, 1.165) is 19.3 Å². The van der Waals surface area contributed by atoms with Crippen LogP contribution in [-0.2, 0) is 25.3 Å². The number of carbonyl (C=O) groups is 1. The second-order valence-electron chi connectivity index (χ2n) is 7.90. The van der Waals surface area contributed by atoms with Gasteiger partial charge in [-0.15, -0.1) is 0 Å². The average Bonchev–Trinajstić information content (AvgIpc) is 2.80. The maximum atomic E-state index is 12.6. The molecule has 1 heterocycles. The standard InChI is InChI=1S/C17H28N2O5S/c1-13-10-14(24-18-13)12-25(21,22)19-17(8-6-5-7-9-17)11-15(20)23-16(2,3)4/h10,19H,5-9,11-12H2,1-4H3. The van der Waals surface area contributed by atoms with Crippen molar-refractivity contribution >= 4 is 16.0 Å². The molecule has 0 aromatic carbocycles. The van der Waals surface area contributed by atoms with Crippen molar-refractivity contribution < 1.29 is 22.5 Å². The Balaban J connectivity index is 2.12. The van der Waals surface area contributed by atoms with Crippen molar-refractivity contribution in [2.75, 3.05) is 0 Å². The van der Waals surface area contributed by atoms with E-state index in [4.69, 9.17) is 9.26 Å². The second kappa shape index (κ2) is 7.45. The number of rotatable bonds is 6. The van der Waals surface area contributed by atoms with Gasteiger partial charge in [0.25, 0.3) is 0 Å². The van der Waals surface area contributed by atoms with Gasteiger partial charge in [0, 0.05) is 11.6 Å². The Morgan fingerprint density at radius 1 is 1.32 bits per heavy atom. The Hall–Kier alpha value is -1.41. The van der Waals surface area contributed by atoms with E-state index in [9.17, 15) is 13.2 Å². The number of hydrogen-bond acceptors (Lipinski definition) is 6. The topological polar surface area (TPSA) is 98.5 Å². The highest BCUT2D eigenvalue weighted by atomic mass is 32.2. The summed E-state index contributed by atoms with van der Waals surface area (Å²) in [7, 11) is -3.66. The van der Waals surface area contributed by atoms with Crippen molar-refractivity contribution in [1.82, 2.24) is 9.88 Å². The maximum Gasteiger partial charge on any atom is 0.308 e. The van der Waals surface area contributed by atoms with Crippen LogP contribution in [0.15, 0.2) is 10.6 Å². The molecule has 0 bridgehead atoms. The molecule has 0 saturated heterocycles. The molecule has 1 aliphatic rings. The van der Waals surface area contributed by atoms with E-state index in [1.807, 2.05) is 0 Å². The third-order valence-corrected chi connectivity index (χ3v) is 5.50. The minimum absolute atomic E-state index is 0.0406. The fourth-order valence-electron chi connectivity index (χ4n) is 3.23. The molecule has 0 spiro atoms. The minimum Gasteiger partial charge on any atom is -0.460 e. The summed E-state index contributed by atoms with van der Waals surface area (Å²) in [4.78, 5) is 12.3. The van der Waals surface area contributed by atoms with Gasteiger partial charge in [-0.3, -0.25) is 4.79 Å². The Morgan fingerprint density at radius 2 is 1.96 bits per heavy atom. The summed E-state index contributed by atoms with van der Waals surface area (Å²) in [6.07, 6.45) is 4.10. The first-order valence-corrected chi connectivity index (χ1v) is 10.3. The number of aromatic nitrogens is 1. The zero-order chi connectivity index (χ0) is 18.7. The number of ether oxygens (including phenoxy) is 1. The van der Waals surface area contributed by atoms with E-state index >= 15 is 0 Å². The lowest BCUT2D eigenvalue weighted by molar-refractivity contribution is -0.156. The highest BCUT2D eigenvalue weighted by Gasteiger charge is 2.39. The van der Waals surface area contributed by atoms with Gasteiger partial charge < -0.3 is 9.26 Å². The van der Waals surface area contributed by atoms with Gasteiger partial charge in [0.05, 0.1) is 12.1 Å². The molecule has 0 unspecified atom stereocenters. The predicted molar refractivity (Wildman–Crippen MR) is 93.3 cm³/mol. The van der Waals surface area contributed by atoms with Crippen LogP contribution in [0.25, 0.3) is 0 Å². The predicted octanol–water partition coefficient (Wildman–Crippen LogP) is 2.84. The molecule has 25 heavy (non-hydrogen) atoms. The second-order valence-corrected chi connectivity index (χ2v) is 9.62. The maximum absolute atomic E-state index is 12.6. The largest absolute Gasteiger partial charge is 0.460 e. The lowest BCUT2D eigenvalue weighted by Gasteiger charge is -2.37. The van der Waals surface area contributed by atoms with Crippen molar-refractivity contribution in [2.45, 2.75) is 83.1 Å².